The van der Waals surface area contributed by atoms with Gasteiger partial charge in [-0.05, 0) is 18.9 Å². The molecule has 0 spiro atoms. The SMILES string of the molecule is COC(=O)c1cc(CN)nn1C1CC1.Cl. The van der Waals surface area contributed by atoms with Gasteiger partial charge >= 0.3 is 5.97 Å². The molecule has 2 N–H and O–H groups in total. The van der Waals surface area contributed by atoms with E-state index in [1.54, 1.807) is 10.7 Å². The molecule has 0 aliphatic heterocycles. The summed E-state index contributed by atoms with van der Waals surface area (Å²) >= 11 is 0. The number of nitrogens with two attached hydrogens (primary N) is 1. The van der Waals surface area contributed by atoms with E-state index in [4.69, 9.17) is 5.73 Å². The van der Waals surface area contributed by atoms with Crippen LogP contribution in [0.25, 0.3) is 0 Å². The zero-order valence-electron chi connectivity index (χ0n) is 8.47. The van der Waals surface area contributed by atoms with Gasteiger partial charge in [-0.2, -0.15) is 5.10 Å². The highest BCUT2D eigenvalue weighted by Gasteiger charge is 2.29. The quantitative estimate of drug-likeness (QED) is 0.785. The predicted molar refractivity (Wildman–Crippen MR) is 57.0 cm³/mol. The van der Waals surface area contributed by atoms with Crippen molar-refractivity contribution in [2.24, 2.45) is 5.73 Å². The van der Waals surface area contributed by atoms with Gasteiger partial charge in [-0.25, -0.2) is 4.79 Å². The molecule has 0 bridgehead atoms. The summed E-state index contributed by atoms with van der Waals surface area (Å²) in [6.45, 7) is 0.351. The van der Waals surface area contributed by atoms with Gasteiger partial charge in [0.05, 0.1) is 18.8 Å². The Bertz CT molecular complexity index is 360. The first-order valence-electron chi connectivity index (χ1n) is 4.63. The van der Waals surface area contributed by atoms with Crippen LogP contribution in [0.5, 0.6) is 0 Å². The van der Waals surface area contributed by atoms with E-state index >= 15 is 0 Å². The lowest BCUT2D eigenvalue weighted by molar-refractivity contribution is 0.0586. The lowest BCUT2D eigenvalue weighted by atomic mass is 10.3. The Labute approximate surface area is 94.0 Å². The van der Waals surface area contributed by atoms with Gasteiger partial charge in [0.2, 0.25) is 0 Å². The Morgan fingerprint density at radius 1 is 1.73 bits per heavy atom. The molecule has 1 aromatic rings. The molecule has 1 aliphatic rings. The average molecular weight is 232 g/mol. The van der Waals surface area contributed by atoms with E-state index < -0.39 is 0 Å². The zero-order chi connectivity index (χ0) is 10.1. The summed E-state index contributed by atoms with van der Waals surface area (Å²) in [6, 6.07) is 2.06. The molecule has 0 saturated heterocycles. The van der Waals surface area contributed by atoms with Gasteiger partial charge in [-0.15, -0.1) is 12.4 Å². The molecule has 0 aromatic carbocycles. The molecule has 2 rings (SSSR count). The van der Waals surface area contributed by atoms with Gasteiger partial charge in [0, 0.05) is 6.54 Å². The van der Waals surface area contributed by atoms with E-state index in [1.807, 2.05) is 0 Å². The number of esters is 1. The van der Waals surface area contributed by atoms with Crippen LogP contribution in [0.3, 0.4) is 0 Å². The standard InChI is InChI=1S/C9H13N3O2.ClH/c1-14-9(13)8-4-6(5-10)11-12(8)7-2-3-7;/h4,7H,2-3,5,10H2,1H3;1H. The van der Waals surface area contributed by atoms with Crippen molar-refractivity contribution in [3.05, 3.63) is 17.5 Å². The molecule has 5 nitrogen and oxygen atoms in total. The molecule has 15 heavy (non-hydrogen) atoms. The number of aromatic nitrogens is 2. The van der Waals surface area contributed by atoms with Crippen LogP contribution in [0.15, 0.2) is 6.07 Å². The molecule has 1 aromatic heterocycles. The Morgan fingerprint density at radius 2 is 2.40 bits per heavy atom. The second kappa shape index (κ2) is 4.63. The average Bonchev–Trinajstić information content (AvgIpc) is 2.97. The van der Waals surface area contributed by atoms with Gasteiger partial charge in [0.15, 0.2) is 0 Å². The first kappa shape index (κ1) is 12.0. The Balaban J connectivity index is 0.00000112. The minimum Gasteiger partial charge on any atom is -0.464 e. The van der Waals surface area contributed by atoms with Crippen molar-refractivity contribution in [3.8, 4) is 0 Å². The number of ether oxygens (including phenoxy) is 1. The van der Waals surface area contributed by atoms with E-state index in [-0.39, 0.29) is 18.4 Å². The fourth-order valence-corrected chi connectivity index (χ4v) is 1.40. The molecule has 1 aliphatic carbocycles. The van der Waals surface area contributed by atoms with Crippen LogP contribution in [0.2, 0.25) is 0 Å². The van der Waals surface area contributed by atoms with Crippen molar-refractivity contribution < 1.29 is 9.53 Å². The zero-order valence-corrected chi connectivity index (χ0v) is 9.29. The highest BCUT2D eigenvalue weighted by atomic mass is 35.5. The maximum atomic E-state index is 11.4. The molecule has 0 amide bonds. The third-order valence-corrected chi connectivity index (χ3v) is 2.28. The van der Waals surface area contributed by atoms with Crippen molar-refractivity contribution in [1.82, 2.24) is 9.78 Å². The van der Waals surface area contributed by atoms with Crippen LogP contribution in [0.4, 0.5) is 0 Å². The smallest absolute Gasteiger partial charge is 0.356 e. The summed E-state index contributed by atoms with van der Waals surface area (Å²) in [4.78, 5) is 11.4. The maximum absolute atomic E-state index is 11.4. The maximum Gasteiger partial charge on any atom is 0.356 e. The summed E-state index contributed by atoms with van der Waals surface area (Å²) in [6.07, 6.45) is 2.16. The monoisotopic (exact) mass is 231 g/mol. The summed E-state index contributed by atoms with van der Waals surface area (Å²) in [7, 11) is 1.37. The van der Waals surface area contributed by atoms with Gasteiger partial charge in [-0.1, -0.05) is 0 Å². The number of methoxy groups -OCH3 is 1. The molecule has 6 heteroatoms. The molecule has 0 unspecified atom stereocenters. The number of carbonyl (C=O) groups excluding carboxylic acids is 1. The highest BCUT2D eigenvalue weighted by Crippen LogP contribution is 2.35. The Kier molecular flexibility index (Phi) is 3.71. The van der Waals surface area contributed by atoms with Crippen molar-refractivity contribution in [3.63, 3.8) is 0 Å². The molecule has 0 atom stereocenters. The van der Waals surface area contributed by atoms with Crippen molar-refractivity contribution in [2.45, 2.75) is 25.4 Å². The van der Waals surface area contributed by atoms with E-state index in [0.717, 1.165) is 18.5 Å². The van der Waals surface area contributed by atoms with Crippen LogP contribution < -0.4 is 5.73 Å². The lowest BCUT2D eigenvalue weighted by Crippen LogP contribution is -2.10. The topological polar surface area (TPSA) is 70.1 Å². The molecule has 1 saturated carbocycles. The van der Waals surface area contributed by atoms with E-state index in [0.29, 0.717) is 18.3 Å². The van der Waals surface area contributed by atoms with Crippen LogP contribution in [-0.4, -0.2) is 22.9 Å². The molecular weight excluding hydrogens is 218 g/mol. The molecule has 1 heterocycles. The van der Waals surface area contributed by atoms with Gasteiger partial charge < -0.3 is 10.5 Å². The fourth-order valence-electron chi connectivity index (χ4n) is 1.40. The Hall–Kier alpha value is -1.07. The van der Waals surface area contributed by atoms with Crippen LogP contribution in [0.1, 0.15) is 35.1 Å². The summed E-state index contributed by atoms with van der Waals surface area (Å²) in [5, 5.41) is 4.25. The van der Waals surface area contributed by atoms with Crippen molar-refractivity contribution >= 4 is 18.4 Å². The normalized spacial score (nSPS) is 14.5. The molecule has 84 valence electrons. The van der Waals surface area contributed by atoms with E-state index in [1.165, 1.54) is 7.11 Å². The van der Waals surface area contributed by atoms with Gasteiger partial charge in [-0.3, -0.25) is 4.68 Å². The largest absolute Gasteiger partial charge is 0.464 e. The van der Waals surface area contributed by atoms with Crippen LogP contribution in [-0.2, 0) is 11.3 Å². The van der Waals surface area contributed by atoms with E-state index in [2.05, 4.69) is 9.84 Å². The van der Waals surface area contributed by atoms with Crippen LogP contribution in [0, 0.1) is 0 Å². The molecule has 0 radical (unpaired) electrons. The van der Waals surface area contributed by atoms with E-state index in [9.17, 15) is 4.79 Å². The van der Waals surface area contributed by atoms with Gasteiger partial charge in [0.25, 0.3) is 0 Å². The number of hydrogen-bond donors (Lipinski definition) is 1. The summed E-state index contributed by atoms with van der Waals surface area (Å²) in [5.41, 5.74) is 6.71. The van der Waals surface area contributed by atoms with Crippen molar-refractivity contribution in [2.75, 3.05) is 7.11 Å². The fraction of sp³-hybridized carbons (Fsp3) is 0.556. The highest BCUT2D eigenvalue weighted by molar-refractivity contribution is 5.87. The first-order chi connectivity index (χ1) is 6.76. The minimum atomic E-state index is -0.343. The second-order valence-electron chi connectivity index (χ2n) is 3.39. The third kappa shape index (κ3) is 2.30. The first-order valence-corrected chi connectivity index (χ1v) is 4.63. The number of nitrogens with zero attached hydrogens (tertiary/aromatic N) is 2. The minimum absolute atomic E-state index is 0. The second-order valence-corrected chi connectivity index (χ2v) is 3.39. The number of carbonyl (C=O) groups is 1. The predicted octanol–water partition coefficient (Wildman–Crippen LogP) is 0.885. The summed E-state index contributed by atoms with van der Waals surface area (Å²) < 4.78 is 6.40. The number of halogens is 1. The molecular formula is C9H14ClN3O2. The third-order valence-electron chi connectivity index (χ3n) is 2.28. The Morgan fingerprint density at radius 3 is 2.87 bits per heavy atom. The summed E-state index contributed by atoms with van der Waals surface area (Å²) in [5.74, 6) is -0.343. The number of rotatable bonds is 3. The number of hydrogen-bond acceptors (Lipinski definition) is 4. The van der Waals surface area contributed by atoms with Crippen LogP contribution >= 0.6 is 12.4 Å². The van der Waals surface area contributed by atoms with Gasteiger partial charge in [0.1, 0.15) is 5.69 Å². The lowest BCUT2D eigenvalue weighted by Gasteiger charge is -2.02. The molecule has 1 fully saturated rings. The van der Waals surface area contributed by atoms with Crippen molar-refractivity contribution in [1.29, 1.82) is 0 Å².